The van der Waals surface area contributed by atoms with Crippen LogP contribution in [0.1, 0.15) is 20.7 Å². The van der Waals surface area contributed by atoms with Crippen molar-refractivity contribution in [2.45, 2.75) is 0 Å². The molecule has 4 rings (SSSR count). The van der Waals surface area contributed by atoms with Crippen LogP contribution in [0.4, 0.5) is 0 Å². The first-order valence-corrected chi connectivity index (χ1v) is 8.56. The van der Waals surface area contributed by atoms with Gasteiger partial charge in [-0.1, -0.05) is 12.1 Å². The summed E-state index contributed by atoms with van der Waals surface area (Å²) in [6.45, 7) is -0.185. The van der Waals surface area contributed by atoms with Crippen LogP contribution in [0.25, 0.3) is 21.9 Å². The zero-order valence-corrected chi connectivity index (χ0v) is 15.6. The smallest absolute Gasteiger partial charge is 0.341 e. The van der Waals surface area contributed by atoms with Crippen LogP contribution in [0.3, 0.4) is 0 Å². The highest BCUT2D eigenvalue weighted by Gasteiger charge is 2.20. The monoisotopic (exact) mass is 396 g/mol. The van der Waals surface area contributed by atoms with Crippen LogP contribution < -0.4 is 9.47 Å². The molecule has 0 saturated carbocycles. The first kappa shape index (κ1) is 18.4. The summed E-state index contributed by atoms with van der Waals surface area (Å²) in [6.07, 6.45) is 2.64. The number of hydrogen-bond acceptors (Lipinski definition) is 8. The fourth-order valence-corrected chi connectivity index (χ4v) is 3.03. The van der Waals surface area contributed by atoms with Crippen molar-refractivity contribution in [2.24, 2.45) is 0 Å². The summed E-state index contributed by atoms with van der Waals surface area (Å²) in [7, 11) is 2.58. The Hall–Kier alpha value is -3.94. The predicted octanol–water partition coefficient (Wildman–Crippen LogP) is 4.17. The minimum atomic E-state index is -0.536. The number of methoxy groups -OCH3 is 2. The minimum Gasteiger partial charge on any atom is -0.465 e. The van der Waals surface area contributed by atoms with E-state index in [0.717, 1.165) is 0 Å². The predicted molar refractivity (Wildman–Crippen MR) is 101 cm³/mol. The van der Waals surface area contributed by atoms with Crippen molar-refractivity contribution in [3.8, 4) is 11.5 Å². The second-order valence-electron chi connectivity index (χ2n) is 5.95. The maximum atomic E-state index is 12.0. The van der Waals surface area contributed by atoms with Gasteiger partial charge >= 0.3 is 11.9 Å². The second-order valence-corrected chi connectivity index (χ2v) is 5.95. The zero-order valence-electron chi connectivity index (χ0n) is 15.6. The van der Waals surface area contributed by atoms with Gasteiger partial charge in [0.1, 0.15) is 46.3 Å². The van der Waals surface area contributed by atoms with Crippen LogP contribution >= 0.6 is 0 Å². The number of hydrogen-bond donors (Lipinski definition) is 0. The number of fused-ring (bicyclic) bond motifs is 2. The summed E-state index contributed by atoms with van der Waals surface area (Å²) in [5.41, 5.74) is 1.46. The van der Waals surface area contributed by atoms with Crippen molar-refractivity contribution in [1.29, 1.82) is 0 Å². The Morgan fingerprint density at radius 1 is 0.759 bits per heavy atom. The molecule has 0 spiro atoms. The molecule has 0 amide bonds. The molecule has 148 valence electrons. The molecular weight excluding hydrogens is 380 g/mol. The molecule has 0 saturated heterocycles. The summed E-state index contributed by atoms with van der Waals surface area (Å²) in [5.74, 6) is -0.286. The summed E-state index contributed by atoms with van der Waals surface area (Å²) in [4.78, 5) is 23.9. The van der Waals surface area contributed by atoms with Gasteiger partial charge < -0.3 is 27.8 Å². The van der Waals surface area contributed by atoms with Crippen molar-refractivity contribution in [3.63, 3.8) is 0 Å². The first-order chi connectivity index (χ1) is 14.1. The van der Waals surface area contributed by atoms with Crippen molar-refractivity contribution in [3.05, 3.63) is 60.1 Å². The van der Waals surface area contributed by atoms with Gasteiger partial charge in [0.05, 0.1) is 25.0 Å². The molecular formula is C21H16O8. The third kappa shape index (κ3) is 3.25. The van der Waals surface area contributed by atoms with Gasteiger partial charge in [0.25, 0.3) is 0 Å². The number of rotatable bonds is 6. The van der Waals surface area contributed by atoms with Gasteiger partial charge in [-0.3, -0.25) is 0 Å². The topological polar surface area (TPSA) is 97.3 Å². The maximum absolute atomic E-state index is 12.0. The molecule has 0 bridgehead atoms. The highest BCUT2D eigenvalue weighted by molar-refractivity contribution is 6.06. The van der Waals surface area contributed by atoms with E-state index < -0.39 is 11.9 Å². The van der Waals surface area contributed by atoms with Crippen LogP contribution in [-0.2, 0) is 9.47 Å². The lowest BCUT2D eigenvalue weighted by Crippen LogP contribution is -2.08. The van der Waals surface area contributed by atoms with Gasteiger partial charge in [-0.15, -0.1) is 0 Å². The molecule has 0 atom stereocenters. The van der Waals surface area contributed by atoms with E-state index in [1.54, 1.807) is 36.4 Å². The van der Waals surface area contributed by atoms with E-state index in [9.17, 15) is 9.59 Å². The van der Waals surface area contributed by atoms with E-state index >= 15 is 0 Å². The van der Waals surface area contributed by atoms with Crippen LogP contribution in [0, 0.1) is 0 Å². The van der Waals surface area contributed by atoms with Gasteiger partial charge in [0, 0.05) is 0 Å². The van der Waals surface area contributed by atoms with Gasteiger partial charge in [-0.05, 0) is 24.3 Å². The normalized spacial score (nSPS) is 10.8. The molecule has 2 heterocycles. The quantitative estimate of drug-likeness (QED) is 0.354. The Kier molecular flexibility index (Phi) is 4.82. The third-order valence-electron chi connectivity index (χ3n) is 4.36. The van der Waals surface area contributed by atoms with Gasteiger partial charge in [0.15, 0.2) is 0 Å². The number of carbonyl (C=O) groups excluding carboxylic acids is 2. The van der Waals surface area contributed by atoms with Crippen LogP contribution in [0.2, 0.25) is 0 Å². The van der Waals surface area contributed by atoms with E-state index in [-0.39, 0.29) is 17.9 Å². The van der Waals surface area contributed by atoms with Crippen LogP contribution in [0.5, 0.6) is 11.5 Å². The number of furan rings is 2. The molecule has 0 fully saturated rings. The molecule has 0 radical (unpaired) electrons. The SMILES string of the molecule is COC(=O)c1coc2cccc(OCOc3cccc4occ(C(=O)OC)c34)c12. The number of benzene rings is 2. The number of carbonyl (C=O) groups is 2. The Morgan fingerprint density at radius 3 is 1.62 bits per heavy atom. The molecule has 4 aromatic rings. The Morgan fingerprint density at radius 2 is 1.21 bits per heavy atom. The summed E-state index contributed by atoms with van der Waals surface area (Å²) < 4.78 is 31.8. The third-order valence-corrected chi connectivity index (χ3v) is 4.36. The van der Waals surface area contributed by atoms with Gasteiger partial charge in [-0.2, -0.15) is 0 Å². The minimum absolute atomic E-state index is 0.185. The van der Waals surface area contributed by atoms with E-state index in [2.05, 4.69) is 0 Å². The molecule has 0 unspecified atom stereocenters. The lowest BCUT2D eigenvalue weighted by Gasteiger charge is -2.11. The zero-order chi connectivity index (χ0) is 20.4. The average Bonchev–Trinajstić information content (AvgIpc) is 3.38. The Labute approximate surface area is 164 Å². The summed E-state index contributed by atoms with van der Waals surface area (Å²) >= 11 is 0. The lowest BCUT2D eigenvalue weighted by atomic mass is 10.1. The van der Waals surface area contributed by atoms with Gasteiger partial charge in [-0.25, -0.2) is 9.59 Å². The van der Waals surface area contributed by atoms with E-state index in [1.807, 2.05) is 0 Å². The summed E-state index contributed by atoms with van der Waals surface area (Å²) in [5, 5.41) is 0.972. The first-order valence-electron chi connectivity index (χ1n) is 8.56. The molecule has 0 aliphatic heterocycles. The van der Waals surface area contributed by atoms with Gasteiger partial charge in [0.2, 0.25) is 6.79 Å². The average molecular weight is 396 g/mol. The van der Waals surface area contributed by atoms with Crippen molar-refractivity contribution >= 4 is 33.9 Å². The fraction of sp³-hybridized carbons (Fsp3) is 0.143. The van der Waals surface area contributed by atoms with E-state index in [4.69, 9.17) is 27.8 Å². The Balaban J connectivity index is 1.60. The fourth-order valence-electron chi connectivity index (χ4n) is 3.03. The highest BCUT2D eigenvalue weighted by atomic mass is 16.7. The van der Waals surface area contributed by atoms with Crippen molar-refractivity contribution < 1.29 is 37.4 Å². The van der Waals surface area contributed by atoms with E-state index in [1.165, 1.54) is 26.7 Å². The molecule has 2 aromatic heterocycles. The van der Waals surface area contributed by atoms with Crippen molar-refractivity contribution in [1.82, 2.24) is 0 Å². The molecule has 0 aliphatic rings. The number of esters is 2. The highest BCUT2D eigenvalue weighted by Crippen LogP contribution is 2.33. The standard InChI is InChI=1S/C21H16O8/c1-24-20(22)12-9-26-14-5-3-7-16(18(12)14)28-11-29-17-8-4-6-15-19(17)13(10-27-15)21(23)25-2/h3-10H,11H2,1-2H3. The van der Waals surface area contributed by atoms with Crippen molar-refractivity contribution in [2.75, 3.05) is 21.0 Å². The molecule has 8 nitrogen and oxygen atoms in total. The molecule has 0 aliphatic carbocycles. The molecule has 29 heavy (non-hydrogen) atoms. The molecule has 8 heteroatoms. The Bertz CT molecular complexity index is 1110. The molecule has 0 N–H and O–H groups in total. The molecule has 2 aromatic carbocycles. The summed E-state index contributed by atoms with van der Waals surface area (Å²) in [6, 6.07) is 10.3. The van der Waals surface area contributed by atoms with Crippen LogP contribution in [0.15, 0.2) is 57.8 Å². The lowest BCUT2D eigenvalue weighted by molar-refractivity contribution is 0.0592. The largest absolute Gasteiger partial charge is 0.465 e. The second kappa shape index (κ2) is 7.59. The maximum Gasteiger partial charge on any atom is 0.341 e. The van der Waals surface area contributed by atoms with E-state index in [0.29, 0.717) is 33.4 Å². The number of ether oxygens (including phenoxy) is 4. The van der Waals surface area contributed by atoms with Crippen LogP contribution in [-0.4, -0.2) is 33.0 Å².